The number of carboxylic acids is 1. The van der Waals surface area contributed by atoms with Crippen molar-refractivity contribution in [2.45, 2.75) is 0 Å². The van der Waals surface area contributed by atoms with Crippen molar-refractivity contribution in [1.82, 2.24) is 19.7 Å². The minimum absolute atomic E-state index is 0.141. The van der Waals surface area contributed by atoms with Crippen LogP contribution in [0.1, 0.15) is 10.4 Å². The van der Waals surface area contributed by atoms with Crippen LogP contribution in [0, 0.1) is 0 Å². The lowest BCUT2D eigenvalue weighted by Gasteiger charge is -1.98. The number of hydrogen-bond acceptors (Lipinski definition) is 3. The first-order valence-corrected chi connectivity index (χ1v) is 3.95. The Morgan fingerprint density at radius 2 is 2.43 bits per heavy atom. The number of nitrogens with zero attached hydrogens (tertiary/aromatic N) is 3. The summed E-state index contributed by atoms with van der Waals surface area (Å²) in [6.45, 7) is 0. The van der Waals surface area contributed by atoms with E-state index in [2.05, 4.69) is 15.1 Å². The molecule has 0 spiro atoms. The number of aromatic nitrogens is 4. The van der Waals surface area contributed by atoms with Crippen LogP contribution in [0.3, 0.4) is 0 Å². The van der Waals surface area contributed by atoms with Crippen LogP contribution >= 0.6 is 0 Å². The molecule has 2 aromatic heterocycles. The van der Waals surface area contributed by atoms with Crippen molar-refractivity contribution in [2.24, 2.45) is 7.05 Å². The summed E-state index contributed by atoms with van der Waals surface area (Å²) < 4.78 is 1.47. The van der Waals surface area contributed by atoms with E-state index >= 15 is 0 Å². The van der Waals surface area contributed by atoms with Gasteiger partial charge in [-0.25, -0.2) is 9.78 Å². The highest BCUT2D eigenvalue weighted by Gasteiger charge is 2.17. The summed E-state index contributed by atoms with van der Waals surface area (Å²) >= 11 is 0. The summed E-state index contributed by atoms with van der Waals surface area (Å²) in [5.41, 5.74) is 0.616. The van der Waals surface area contributed by atoms with Crippen molar-refractivity contribution in [2.75, 3.05) is 0 Å². The standard InChI is InChI=1S/C8H8N4O2/c1-12-6(7-9-2-3-10-7)5(4-11-12)8(13)14/h2-4H,1H3,(H,9,10)(H,13,14). The molecule has 0 aliphatic rings. The molecule has 2 rings (SSSR count). The van der Waals surface area contributed by atoms with Gasteiger partial charge >= 0.3 is 5.97 Å². The van der Waals surface area contributed by atoms with Gasteiger partial charge in [0.2, 0.25) is 0 Å². The first kappa shape index (κ1) is 8.49. The van der Waals surface area contributed by atoms with Gasteiger partial charge in [-0.15, -0.1) is 0 Å². The maximum Gasteiger partial charge on any atom is 0.339 e. The third kappa shape index (κ3) is 1.17. The lowest BCUT2D eigenvalue weighted by molar-refractivity contribution is 0.0697. The van der Waals surface area contributed by atoms with Gasteiger partial charge in [0.05, 0.1) is 6.20 Å². The predicted octanol–water partition coefficient (Wildman–Crippen LogP) is 0.508. The highest BCUT2D eigenvalue weighted by atomic mass is 16.4. The van der Waals surface area contributed by atoms with E-state index in [1.165, 1.54) is 10.9 Å². The Morgan fingerprint density at radius 1 is 1.64 bits per heavy atom. The SMILES string of the molecule is Cn1ncc(C(=O)O)c1-c1ncc[nH]1. The van der Waals surface area contributed by atoms with E-state index in [4.69, 9.17) is 5.11 Å². The van der Waals surface area contributed by atoms with Crippen molar-refractivity contribution in [3.8, 4) is 11.5 Å². The van der Waals surface area contributed by atoms with Gasteiger partial charge in [-0.3, -0.25) is 4.68 Å². The molecule has 2 aromatic rings. The van der Waals surface area contributed by atoms with E-state index in [0.717, 1.165) is 0 Å². The molecule has 0 unspecified atom stereocenters. The molecule has 0 fully saturated rings. The molecule has 72 valence electrons. The number of aryl methyl sites for hydroxylation is 1. The molecule has 6 heteroatoms. The van der Waals surface area contributed by atoms with Gasteiger partial charge in [0.1, 0.15) is 11.3 Å². The summed E-state index contributed by atoms with van der Waals surface area (Å²) in [5, 5.41) is 12.8. The summed E-state index contributed by atoms with van der Waals surface area (Å²) in [7, 11) is 1.67. The van der Waals surface area contributed by atoms with Crippen LogP contribution in [-0.4, -0.2) is 30.8 Å². The van der Waals surface area contributed by atoms with Gasteiger partial charge in [-0.05, 0) is 0 Å². The predicted molar refractivity (Wildman–Crippen MR) is 47.7 cm³/mol. The topological polar surface area (TPSA) is 83.8 Å². The van der Waals surface area contributed by atoms with Crippen molar-refractivity contribution in [1.29, 1.82) is 0 Å². The highest BCUT2D eigenvalue weighted by Crippen LogP contribution is 2.18. The van der Waals surface area contributed by atoms with Crippen LogP contribution < -0.4 is 0 Å². The first-order valence-electron chi connectivity index (χ1n) is 3.95. The number of rotatable bonds is 2. The molecule has 6 nitrogen and oxygen atoms in total. The third-order valence-electron chi connectivity index (χ3n) is 1.89. The maximum absolute atomic E-state index is 10.8. The largest absolute Gasteiger partial charge is 0.478 e. The molecule has 0 amide bonds. The Kier molecular flexibility index (Phi) is 1.81. The minimum Gasteiger partial charge on any atom is -0.478 e. The number of aromatic carboxylic acids is 1. The van der Waals surface area contributed by atoms with Crippen molar-refractivity contribution in [3.05, 3.63) is 24.2 Å². The average molecular weight is 192 g/mol. The van der Waals surface area contributed by atoms with Crippen LogP contribution in [0.25, 0.3) is 11.5 Å². The van der Waals surface area contributed by atoms with E-state index in [1.54, 1.807) is 19.4 Å². The Hall–Kier alpha value is -2.11. The average Bonchev–Trinajstić information content (AvgIpc) is 2.71. The van der Waals surface area contributed by atoms with Gasteiger partial charge < -0.3 is 10.1 Å². The number of imidazole rings is 1. The molecule has 2 heterocycles. The number of hydrogen-bond donors (Lipinski definition) is 2. The van der Waals surface area contributed by atoms with Crippen molar-refractivity contribution in [3.63, 3.8) is 0 Å². The summed E-state index contributed by atoms with van der Waals surface area (Å²) in [4.78, 5) is 17.7. The number of aromatic amines is 1. The van der Waals surface area contributed by atoms with Gasteiger partial charge in [0.25, 0.3) is 0 Å². The number of H-pyrrole nitrogens is 1. The van der Waals surface area contributed by atoms with Crippen LogP contribution in [0.4, 0.5) is 0 Å². The normalized spacial score (nSPS) is 10.4. The molecule has 14 heavy (non-hydrogen) atoms. The summed E-state index contributed by atoms with van der Waals surface area (Å²) in [6, 6.07) is 0. The van der Waals surface area contributed by atoms with Gasteiger partial charge in [-0.2, -0.15) is 5.10 Å². The Bertz CT molecular complexity index is 458. The number of nitrogens with one attached hydrogen (secondary N) is 1. The molecule has 0 atom stereocenters. The first-order chi connectivity index (χ1) is 6.70. The molecular weight excluding hydrogens is 184 g/mol. The van der Waals surface area contributed by atoms with Crippen LogP contribution in [0.2, 0.25) is 0 Å². The monoisotopic (exact) mass is 192 g/mol. The highest BCUT2D eigenvalue weighted by molar-refractivity contribution is 5.93. The second kappa shape index (κ2) is 2.99. The number of carbonyl (C=O) groups is 1. The lowest BCUT2D eigenvalue weighted by atomic mass is 10.2. The Labute approximate surface area is 79.2 Å². The van der Waals surface area contributed by atoms with E-state index in [9.17, 15) is 4.79 Å². The maximum atomic E-state index is 10.8. The molecule has 0 saturated heterocycles. The fourth-order valence-electron chi connectivity index (χ4n) is 1.27. The molecule has 0 aromatic carbocycles. The number of carboxylic acid groups (broad SMARTS) is 1. The van der Waals surface area contributed by atoms with Crippen LogP contribution in [0.15, 0.2) is 18.6 Å². The molecule has 0 radical (unpaired) electrons. The molecule has 0 aliphatic heterocycles. The fraction of sp³-hybridized carbons (Fsp3) is 0.125. The minimum atomic E-state index is -1.01. The zero-order chi connectivity index (χ0) is 10.1. The molecule has 0 bridgehead atoms. The second-order valence-corrected chi connectivity index (χ2v) is 2.77. The Morgan fingerprint density at radius 3 is 3.00 bits per heavy atom. The summed E-state index contributed by atoms with van der Waals surface area (Å²) in [5.74, 6) is -0.507. The molecule has 0 saturated carbocycles. The molecule has 0 aliphatic carbocycles. The van der Waals surface area contributed by atoms with E-state index in [0.29, 0.717) is 11.5 Å². The van der Waals surface area contributed by atoms with Crippen molar-refractivity contribution < 1.29 is 9.90 Å². The Balaban J connectivity index is 2.62. The zero-order valence-electron chi connectivity index (χ0n) is 7.43. The van der Waals surface area contributed by atoms with E-state index < -0.39 is 5.97 Å². The van der Waals surface area contributed by atoms with Crippen LogP contribution in [0.5, 0.6) is 0 Å². The summed E-state index contributed by atoms with van der Waals surface area (Å²) in [6.07, 6.45) is 4.50. The third-order valence-corrected chi connectivity index (χ3v) is 1.89. The van der Waals surface area contributed by atoms with Gasteiger partial charge in [-0.1, -0.05) is 0 Å². The zero-order valence-corrected chi connectivity index (χ0v) is 7.43. The quantitative estimate of drug-likeness (QED) is 0.726. The van der Waals surface area contributed by atoms with E-state index in [-0.39, 0.29) is 5.56 Å². The smallest absolute Gasteiger partial charge is 0.339 e. The fourth-order valence-corrected chi connectivity index (χ4v) is 1.27. The van der Waals surface area contributed by atoms with E-state index in [1.807, 2.05) is 0 Å². The van der Waals surface area contributed by atoms with Crippen molar-refractivity contribution >= 4 is 5.97 Å². The lowest BCUT2D eigenvalue weighted by Crippen LogP contribution is -2.01. The molecule has 2 N–H and O–H groups in total. The molecular formula is C8H8N4O2. The second-order valence-electron chi connectivity index (χ2n) is 2.77. The van der Waals surface area contributed by atoms with Gasteiger partial charge in [0.15, 0.2) is 5.82 Å². The van der Waals surface area contributed by atoms with Gasteiger partial charge in [0, 0.05) is 19.4 Å². The van der Waals surface area contributed by atoms with Crippen LogP contribution in [-0.2, 0) is 7.05 Å².